The molecule has 0 aliphatic heterocycles. The molecular formula is C22H23ClN6O6S. The van der Waals surface area contributed by atoms with Crippen LogP contribution in [0.5, 0.6) is 11.5 Å². The highest BCUT2D eigenvalue weighted by Crippen LogP contribution is 2.38. The predicted molar refractivity (Wildman–Crippen MR) is 131 cm³/mol. The highest BCUT2D eigenvalue weighted by Gasteiger charge is 2.34. The quantitative estimate of drug-likeness (QED) is 0.327. The van der Waals surface area contributed by atoms with Crippen LogP contribution in [0, 0.1) is 6.92 Å². The zero-order valence-corrected chi connectivity index (χ0v) is 21.3. The third kappa shape index (κ3) is 4.85. The van der Waals surface area contributed by atoms with Gasteiger partial charge in [0.15, 0.2) is 11.6 Å². The van der Waals surface area contributed by atoms with E-state index in [2.05, 4.69) is 24.9 Å². The SMILES string of the molecule is COc1cccc(OC)c1-n1c(NS(=O)(=O)[C@@H](C)[C@H](O)c2ncc(Cl)cn2)nnc1-c1ccc(C)o1. The number of sulfonamides is 1. The molecule has 3 heterocycles. The first-order chi connectivity index (χ1) is 17.2. The molecule has 36 heavy (non-hydrogen) atoms. The standard InChI is InChI=1S/C22H23ClN6O6S/c1-12-8-9-17(35-12)21-26-27-22(29(21)18-15(33-3)6-5-7-16(18)34-4)28-36(31,32)13(2)19(30)20-24-10-14(23)11-25-20/h5-11,13,19,30H,1-4H3,(H,27,28)/t13-,19-/m0/s1. The number of rotatable bonds is 9. The van der Waals surface area contributed by atoms with Crippen LogP contribution in [0.4, 0.5) is 5.95 Å². The molecule has 14 heteroatoms. The van der Waals surface area contributed by atoms with Gasteiger partial charge in [-0.15, -0.1) is 10.2 Å². The molecule has 0 bridgehead atoms. The van der Waals surface area contributed by atoms with Gasteiger partial charge in [0.05, 0.1) is 19.2 Å². The van der Waals surface area contributed by atoms with Gasteiger partial charge < -0.3 is 19.0 Å². The van der Waals surface area contributed by atoms with Crippen molar-refractivity contribution in [2.24, 2.45) is 0 Å². The highest BCUT2D eigenvalue weighted by molar-refractivity contribution is 7.93. The summed E-state index contributed by atoms with van der Waals surface area (Å²) >= 11 is 5.79. The second kappa shape index (κ2) is 10.1. The number of furan rings is 1. The molecule has 2 atom stereocenters. The number of aromatic nitrogens is 5. The normalized spacial score (nSPS) is 13.3. The summed E-state index contributed by atoms with van der Waals surface area (Å²) in [5.41, 5.74) is 0.337. The Morgan fingerprint density at radius 3 is 2.28 bits per heavy atom. The summed E-state index contributed by atoms with van der Waals surface area (Å²) in [5, 5.41) is 17.7. The average Bonchev–Trinajstić information content (AvgIpc) is 3.48. The Bertz CT molecular complexity index is 1450. The van der Waals surface area contributed by atoms with Gasteiger partial charge in [-0.05, 0) is 38.1 Å². The Morgan fingerprint density at radius 1 is 1.08 bits per heavy atom. The van der Waals surface area contributed by atoms with Crippen molar-refractivity contribution in [2.75, 3.05) is 18.9 Å². The lowest BCUT2D eigenvalue weighted by Crippen LogP contribution is -2.32. The third-order valence-electron chi connectivity index (χ3n) is 5.32. The summed E-state index contributed by atoms with van der Waals surface area (Å²) in [6.07, 6.45) is 0.980. The minimum Gasteiger partial charge on any atom is -0.494 e. The van der Waals surface area contributed by atoms with Crippen LogP contribution in [0.1, 0.15) is 24.6 Å². The van der Waals surface area contributed by atoms with Gasteiger partial charge in [-0.25, -0.2) is 18.4 Å². The van der Waals surface area contributed by atoms with E-state index in [-0.39, 0.29) is 22.6 Å². The van der Waals surface area contributed by atoms with Crippen LogP contribution in [0.15, 0.2) is 47.1 Å². The minimum atomic E-state index is -4.25. The summed E-state index contributed by atoms with van der Waals surface area (Å²) in [7, 11) is -1.32. The molecule has 3 aromatic heterocycles. The Labute approximate surface area is 211 Å². The molecule has 0 fully saturated rings. The average molecular weight is 535 g/mol. The van der Waals surface area contributed by atoms with E-state index in [0.29, 0.717) is 28.7 Å². The van der Waals surface area contributed by atoms with Gasteiger partial charge in [-0.1, -0.05) is 17.7 Å². The second-order valence-corrected chi connectivity index (χ2v) is 10.1. The second-order valence-electron chi connectivity index (χ2n) is 7.66. The molecule has 1 aromatic carbocycles. The molecule has 0 aliphatic rings. The van der Waals surface area contributed by atoms with Gasteiger partial charge in [-0.3, -0.25) is 9.29 Å². The number of aliphatic hydroxyl groups is 1. The van der Waals surface area contributed by atoms with E-state index in [9.17, 15) is 13.5 Å². The van der Waals surface area contributed by atoms with Crippen LogP contribution in [0.25, 0.3) is 17.3 Å². The molecule has 0 radical (unpaired) electrons. The molecule has 190 valence electrons. The molecule has 0 saturated carbocycles. The van der Waals surface area contributed by atoms with Crippen LogP contribution in [0.2, 0.25) is 5.02 Å². The molecule has 2 N–H and O–H groups in total. The molecular weight excluding hydrogens is 512 g/mol. The molecule has 4 aromatic rings. The highest BCUT2D eigenvalue weighted by atomic mass is 35.5. The first-order valence-corrected chi connectivity index (χ1v) is 12.5. The number of nitrogens with one attached hydrogen (secondary N) is 1. The first-order valence-electron chi connectivity index (χ1n) is 10.6. The van der Waals surface area contributed by atoms with Crippen molar-refractivity contribution >= 4 is 27.6 Å². The van der Waals surface area contributed by atoms with Crippen molar-refractivity contribution in [2.45, 2.75) is 25.2 Å². The number of benzene rings is 1. The summed E-state index contributed by atoms with van der Waals surface area (Å²) < 4.78 is 47.2. The number of hydrogen-bond donors (Lipinski definition) is 2. The van der Waals surface area contributed by atoms with E-state index in [1.807, 2.05) is 0 Å². The van der Waals surface area contributed by atoms with Gasteiger partial charge in [-0.2, -0.15) is 0 Å². The maximum absolute atomic E-state index is 13.3. The van der Waals surface area contributed by atoms with Gasteiger partial charge in [0.1, 0.15) is 34.3 Å². The molecule has 0 aliphatic carbocycles. The summed E-state index contributed by atoms with van der Waals surface area (Å²) in [6, 6.07) is 8.49. The van der Waals surface area contributed by atoms with Crippen LogP contribution >= 0.6 is 11.6 Å². The maximum atomic E-state index is 13.3. The van der Waals surface area contributed by atoms with Crippen molar-refractivity contribution in [3.8, 4) is 28.8 Å². The number of para-hydroxylation sites is 1. The zero-order valence-electron chi connectivity index (χ0n) is 19.7. The molecule has 0 unspecified atom stereocenters. The lowest BCUT2D eigenvalue weighted by atomic mass is 10.2. The molecule has 12 nitrogen and oxygen atoms in total. The monoisotopic (exact) mass is 534 g/mol. The van der Waals surface area contributed by atoms with E-state index in [1.165, 1.54) is 38.1 Å². The Kier molecular flexibility index (Phi) is 7.15. The van der Waals surface area contributed by atoms with E-state index in [1.54, 1.807) is 37.3 Å². The number of aryl methyl sites for hydroxylation is 1. The van der Waals surface area contributed by atoms with E-state index < -0.39 is 21.4 Å². The van der Waals surface area contributed by atoms with E-state index >= 15 is 0 Å². The molecule has 0 saturated heterocycles. The van der Waals surface area contributed by atoms with Crippen molar-refractivity contribution in [1.82, 2.24) is 24.7 Å². The van der Waals surface area contributed by atoms with Gasteiger partial charge in [0.25, 0.3) is 0 Å². The fourth-order valence-corrected chi connectivity index (χ4v) is 4.53. The summed E-state index contributed by atoms with van der Waals surface area (Å²) in [5.74, 6) is 1.59. The summed E-state index contributed by atoms with van der Waals surface area (Å²) in [6.45, 7) is 3.07. The topological polar surface area (TPSA) is 154 Å². The Balaban J connectivity index is 1.81. The van der Waals surface area contributed by atoms with Crippen LogP contribution in [0.3, 0.4) is 0 Å². The van der Waals surface area contributed by atoms with Crippen molar-refractivity contribution < 1.29 is 27.4 Å². The number of methoxy groups -OCH3 is 2. The van der Waals surface area contributed by atoms with Crippen molar-refractivity contribution in [1.29, 1.82) is 0 Å². The fraction of sp³-hybridized carbons (Fsp3) is 0.273. The largest absolute Gasteiger partial charge is 0.494 e. The van der Waals surface area contributed by atoms with E-state index in [4.69, 9.17) is 25.5 Å². The van der Waals surface area contributed by atoms with Crippen LogP contribution in [-0.4, -0.2) is 57.7 Å². The Hall–Kier alpha value is -3.68. The minimum absolute atomic E-state index is 0.100. The molecule has 0 amide bonds. The van der Waals surface area contributed by atoms with Crippen molar-refractivity contribution in [3.05, 3.63) is 59.3 Å². The van der Waals surface area contributed by atoms with Crippen LogP contribution < -0.4 is 14.2 Å². The number of aliphatic hydroxyl groups excluding tert-OH is 1. The van der Waals surface area contributed by atoms with Crippen molar-refractivity contribution in [3.63, 3.8) is 0 Å². The number of anilines is 1. The smallest absolute Gasteiger partial charge is 0.243 e. The first kappa shape index (κ1) is 25.4. The fourth-order valence-electron chi connectivity index (χ4n) is 3.40. The lowest BCUT2D eigenvalue weighted by Gasteiger charge is -2.20. The van der Waals surface area contributed by atoms with Gasteiger partial charge in [0.2, 0.25) is 21.8 Å². The number of hydrogen-bond acceptors (Lipinski definition) is 10. The lowest BCUT2D eigenvalue weighted by molar-refractivity contribution is 0.166. The van der Waals surface area contributed by atoms with Crippen LogP contribution in [-0.2, 0) is 10.0 Å². The zero-order chi connectivity index (χ0) is 26.0. The van der Waals surface area contributed by atoms with E-state index in [0.717, 1.165) is 0 Å². The van der Waals surface area contributed by atoms with Gasteiger partial charge >= 0.3 is 0 Å². The Morgan fingerprint density at radius 2 is 1.72 bits per heavy atom. The number of halogens is 1. The summed E-state index contributed by atoms with van der Waals surface area (Å²) in [4.78, 5) is 7.82. The third-order valence-corrected chi connectivity index (χ3v) is 7.22. The predicted octanol–water partition coefficient (Wildman–Crippen LogP) is 3.16. The van der Waals surface area contributed by atoms with Gasteiger partial charge in [0, 0.05) is 12.4 Å². The number of nitrogens with zero attached hydrogens (tertiary/aromatic N) is 5. The maximum Gasteiger partial charge on any atom is 0.243 e. The number of ether oxygens (including phenoxy) is 2. The molecule has 0 spiro atoms. The molecule has 4 rings (SSSR count).